The Morgan fingerprint density at radius 3 is 3.11 bits per heavy atom. The van der Waals surface area contributed by atoms with E-state index in [4.69, 9.17) is 9.47 Å². The van der Waals surface area contributed by atoms with Gasteiger partial charge in [-0.3, -0.25) is 0 Å². The fourth-order valence-corrected chi connectivity index (χ4v) is 3.30. The van der Waals surface area contributed by atoms with Crippen LogP contribution in [-0.4, -0.2) is 37.5 Å². The lowest BCUT2D eigenvalue weighted by molar-refractivity contribution is -0.00619. The Balaban J connectivity index is 1.76. The Bertz CT molecular complexity index is 576. The Hall–Kier alpha value is -1.17. The van der Waals surface area contributed by atoms with Crippen LogP contribution in [0.3, 0.4) is 0 Å². The molecule has 4 nitrogen and oxygen atoms in total. The van der Waals surface area contributed by atoms with E-state index in [0.29, 0.717) is 6.61 Å². The first kappa shape index (κ1) is 12.8. The number of nitrogens with zero attached hydrogens (tertiary/aromatic N) is 1. The summed E-state index contributed by atoms with van der Waals surface area (Å²) < 4.78 is 12.3. The number of thiazole rings is 1. The molecular formula is C14H18N2O2S. The molecule has 102 valence electrons. The number of fused-ring (bicyclic) bond motifs is 1. The van der Waals surface area contributed by atoms with Gasteiger partial charge >= 0.3 is 0 Å². The molecule has 0 radical (unpaired) electrons. The Labute approximate surface area is 116 Å². The normalized spacial score (nSPS) is 23.1. The van der Waals surface area contributed by atoms with Crippen LogP contribution < -0.4 is 5.32 Å². The van der Waals surface area contributed by atoms with Crippen LogP contribution in [0, 0.1) is 6.92 Å². The molecule has 0 saturated carbocycles. The molecule has 1 saturated heterocycles. The van der Waals surface area contributed by atoms with E-state index in [0.717, 1.165) is 30.2 Å². The smallest absolute Gasteiger partial charge is 0.183 e. The van der Waals surface area contributed by atoms with Crippen molar-refractivity contribution < 1.29 is 9.47 Å². The molecule has 1 fully saturated rings. The summed E-state index contributed by atoms with van der Waals surface area (Å²) in [6.07, 6.45) is 0.931. The fourth-order valence-electron chi connectivity index (χ4n) is 2.36. The zero-order chi connectivity index (χ0) is 13.3. The van der Waals surface area contributed by atoms with Gasteiger partial charge in [-0.05, 0) is 18.6 Å². The van der Waals surface area contributed by atoms with Crippen LogP contribution in [0.4, 0.5) is 5.13 Å². The Kier molecular flexibility index (Phi) is 3.43. The van der Waals surface area contributed by atoms with Crippen LogP contribution in [0.2, 0.25) is 0 Å². The summed E-state index contributed by atoms with van der Waals surface area (Å²) >= 11 is 1.69. The topological polar surface area (TPSA) is 43.4 Å². The van der Waals surface area contributed by atoms with Crippen LogP contribution in [-0.2, 0) is 9.47 Å². The van der Waals surface area contributed by atoms with Gasteiger partial charge in [0.25, 0.3) is 0 Å². The average Bonchev–Trinajstić information content (AvgIpc) is 3.04. The highest BCUT2D eigenvalue weighted by Crippen LogP contribution is 2.29. The summed E-state index contributed by atoms with van der Waals surface area (Å²) in [6.45, 7) is 4.25. The van der Waals surface area contributed by atoms with Gasteiger partial charge in [-0.1, -0.05) is 23.5 Å². The second kappa shape index (κ2) is 5.07. The van der Waals surface area contributed by atoms with E-state index in [2.05, 4.69) is 35.4 Å². The third kappa shape index (κ3) is 2.45. The van der Waals surface area contributed by atoms with E-state index in [1.165, 1.54) is 10.3 Å². The van der Waals surface area contributed by atoms with Crippen LogP contribution in [0.15, 0.2) is 18.2 Å². The number of hydrogen-bond donors (Lipinski definition) is 1. The highest BCUT2D eigenvalue weighted by Gasteiger charge is 2.34. The van der Waals surface area contributed by atoms with E-state index in [-0.39, 0.29) is 5.60 Å². The van der Waals surface area contributed by atoms with Crippen LogP contribution >= 0.6 is 11.3 Å². The number of hydrogen-bond acceptors (Lipinski definition) is 5. The average molecular weight is 278 g/mol. The Morgan fingerprint density at radius 2 is 2.42 bits per heavy atom. The molecule has 19 heavy (non-hydrogen) atoms. The molecule has 2 heterocycles. The van der Waals surface area contributed by atoms with Crippen molar-refractivity contribution in [3.05, 3.63) is 23.8 Å². The number of rotatable bonds is 4. The molecule has 3 rings (SSSR count). The highest BCUT2D eigenvalue weighted by molar-refractivity contribution is 7.22. The van der Waals surface area contributed by atoms with Crippen molar-refractivity contribution in [1.82, 2.24) is 4.98 Å². The standard InChI is InChI=1S/C14H18N2O2S/c1-10-4-3-5-11-12(10)16-13(19-11)15-8-14(17-2)6-7-18-9-14/h3-5H,6-9H2,1-2H3,(H,15,16). The third-order valence-electron chi connectivity index (χ3n) is 3.68. The van der Waals surface area contributed by atoms with Gasteiger partial charge in [0.2, 0.25) is 0 Å². The molecule has 0 bridgehead atoms. The molecule has 0 aliphatic carbocycles. The van der Waals surface area contributed by atoms with Gasteiger partial charge in [0.1, 0.15) is 5.60 Å². The molecule has 0 amide bonds. The number of benzene rings is 1. The summed E-state index contributed by atoms with van der Waals surface area (Å²) in [6, 6.07) is 6.27. The maximum Gasteiger partial charge on any atom is 0.183 e. The molecule has 1 aliphatic rings. The molecule has 1 aromatic carbocycles. The lowest BCUT2D eigenvalue weighted by Crippen LogP contribution is -2.39. The minimum Gasteiger partial charge on any atom is -0.378 e. The van der Waals surface area contributed by atoms with Gasteiger partial charge in [0.15, 0.2) is 5.13 Å². The van der Waals surface area contributed by atoms with Crippen molar-refractivity contribution in [3.63, 3.8) is 0 Å². The van der Waals surface area contributed by atoms with Crippen molar-refractivity contribution in [3.8, 4) is 0 Å². The number of methoxy groups -OCH3 is 1. The summed E-state index contributed by atoms with van der Waals surface area (Å²) in [5.74, 6) is 0. The zero-order valence-electron chi connectivity index (χ0n) is 11.2. The predicted octanol–water partition coefficient (Wildman–Crippen LogP) is 2.82. The van der Waals surface area contributed by atoms with Gasteiger partial charge in [-0.15, -0.1) is 0 Å². The SMILES string of the molecule is COC1(CNc2nc3c(C)cccc3s2)CCOC1. The molecule has 2 aromatic rings. The summed E-state index contributed by atoms with van der Waals surface area (Å²) in [7, 11) is 1.75. The van der Waals surface area contributed by atoms with E-state index in [1.807, 2.05) is 0 Å². The second-order valence-electron chi connectivity index (χ2n) is 4.98. The first-order valence-electron chi connectivity index (χ1n) is 6.45. The predicted molar refractivity (Wildman–Crippen MR) is 78.0 cm³/mol. The van der Waals surface area contributed by atoms with Crippen molar-refractivity contribution in [1.29, 1.82) is 0 Å². The highest BCUT2D eigenvalue weighted by atomic mass is 32.1. The van der Waals surface area contributed by atoms with E-state index in [1.54, 1.807) is 18.4 Å². The van der Waals surface area contributed by atoms with Crippen molar-refractivity contribution in [2.75, 3.05) is 32.2 Å². The monoisotopic (exact) mass is 278 g/mol. The van der Waals surface area contributed by atoms with Crippen LogP contribution in [0.25, 0.3) is 10.2 Å². The van der Waals surface area contributed by atoms with Crippen LogP contribution in [0.5, 0.6) is 0 Å². The summed E-state index contributed by atoms with van der Waals surface area (Å²) in [5.41, 5.74) is 2.10. The molecule has 1 unspecified atom stereocenters. The largest absolute Gasteiger partial charge is 0.378 e. The summed E-state index contributed by atoms with van der Waals surface area (Å²) in [4.78, 5) is 4.65. The van der Waals surface area contributed by atoms with Crippen molar-refractivity contribution in [2.45, 2.75) is 18.9 Å². The lowest BCUT2D eigenvalue weighted by atomic mass is 10.0. The zero-order valence-corrected chi connectivity index (χ0v) is 12.0. The van der Waals surface area contributed by atoms with Crippen LogP contribution in [0.1, 0.15) is 12.0 Å². The van der Waals surface area contributed by atoms with Gasteiger partial charge in [-0.25, -0.2) is 4.98 Å². The minimum atomic E-state index is -0.201. The molecule has 0 spiro atoms. The maximum atomic E-state index is 5.61. The Morgan fingerprint density at radius 1 is 1.53 bits per heavy atom. The van der Waals surface area contributed by atoms with Crippen molar-refractivity contribution in [2.24, 2.45) is 0 Å². The number of para-hydroxylation sites is 1. The number of aryl methyl sites for hydroxylation is 1. The second-order valence-corrected chi connectivity index (χ2v) is 6.01. The molecule has 1 aliphatic heterocycles. The first-order chi connectivity index (χ1) is 9.22. The van der Waals surface area contributed by atoms with E-state index >= 15 is 0 Å². The van der Waals surface area contributed by atoms with Gasteiger partial charge in [-0.2, -0.15) is 0 Å². The van der Waals surface area contributed by atoms with Gasteiger partial charge in [0.05, 0.1) is 16.8 Å². The minimum absolute atomic E-state index is 0.201. The molecule has 1 atom stereocenters. The molecule has 5 heteroatoms. The quantitative estimate of drug-likeness (QED) is 0.934. The molecule has 1 aromatic heterocycles. The first-order valence-corrected chi connectivity index (χ1v) is 7.27. The number of aromatic nitrogens is 1. The molecular weight excluding hydrogens is 260 g/mol. The van der Waals surface area contributed by atoms with E-state index in [9.17, 15) is 0 Å². The maximum absolute atomic E-state index is 5.61. The molecule has 1 N–H and O–H groups in total. The van der Waals surface area contributed by atoms with E-state index < -0.39 is 0 Å². The third-order valence-corrected chi connectivity index (χ3v) is 4.66. The number of nitrogens with one attached hydrogen (secondary N) is 1. The number of anilines is 1. The lowest BCUT2D eigenvalue weighted by Gasteiger charge is -2.25. The van der Waals surface area contributed by atoms with Crippen molar-refractivity contribution >= 4 is 26.7 Å². The number of ether oxygens (including phenoxy) is 2. The van der Waals surface area contributed by atoms with Gasteiger partial charge in [0, 0.05) is 26.7 Å². The van der Waals surface area contributed by atoms with Gasteiger partial charge < -0.3 is 14.8 Å². The summed E-state index contributed by atoms with van der Waals surface area (Å²) in [5, 5.41) is 4.35. The fraction of sp³-hybridized carbons (Fsp3) is 0.500.